The van der Waals surface area contributed by atoms with Crippen molar-refractivity contribution in [3.8, 4) is 0 Å². The Morgan fingerprint density at radius 3 is 2.78 bits per heavy atom. The maximum atomic E-state index is 5.92. The molecule has 1 fully saturated rings. The van der Waals surface area contributed by atoms with Gasteiger partial charge in [0.05, 0.1) is 11.1 Å². The molecule has 1 heterocycles. The number of nitrogens with two attached hydrogens (primary N) is 1. The molecule has 1 unspecified atom stereocenters. The van der Waals surface area contributed by atoms with Crippen LogP contribution >= 0.6 is 0 Å². The molecule has 0 saturated heterocycles. The van der Waals surface area contributed by atoms with Gasteiger partial charge < -0.3 is 11.1 Å². The molecule has 1 aliphatic rings. The van der Waals surface area contributed by atoms with E-state index >= 15 is 0 Å². The summed E-state index contributed by atoms with van der Waals surface area (Å²) in [6.07, 6.45) is 2.54. The van der Waals surface area contributed by atoms with E-state index in [-0.39, 0.29) is 5.54 Å². The third kappa shape index (κ3) is 2.06. The fraction of sp³-hybridized carbons (Fsp3) is 0.400. The van der Waals surface area contributed by atoms with E-state index in [1.165, 1.54) is 18.2 Å². The normalized spacial score (nSPS) is 18.6. The van der Waals surface area contributed by atoms with E-state index in [1.54, 1.807) is 0 Å². The lowest BCUT2D eigenvalue weighted by molar-refractivity contribution is 0.458. The van der Waals surface area contributed by atoms with Gasteiger partial charge in [0.25, 0.3) is 0 Å². The summed E-state index contributed by atoms with van der Waals surface area (Å²) >= 11 is 0. The van der Waals surface area contributed by atoms with Gasteiger partial charge in [-0.1, -0.05) is 18.2 Å². The van der Waals surface area contributed by atoms with Gasteiger partial charge in [0.1, 0.15) is 5.82 Å². The van der Waals surface area contributed by atoms with E-state index < -0.39 is 0 Å². The highest BCUT2D eigenvalue weighted by atomic mass is 15.1. The van der Waals surface area contributed by atoms with Crippen molar-refractivity contribution in [2.45, 2.75) is 25.3 Å². The van der Waals surface area contributed by atoms with Crippen LogP contribution in [0.1, 0.15) is 19.8 Å². The standard InChI is InChI=1S/C15H19N3/c1-15(10-16,12-7-8-12)18-14-9-6-11-4-2-3-5-13(11)17-14/h2-6,9,12H,7-8,10,16H2,1H3,(H,17,18). The quantitative estimate of drug-likeness (QED) is 0.865. The van der Waals surface area contributed by atoms with Gasteiger partial charge in [0.2, 0.25) is 0 Å². The number of hydrogen-bond donors (Lipinski definition) is 2. The molecule has 1 atom stereocenters. The summed E-state index contributed by atoms with van der Waals surface area (Å²) in [7, 11) is 0. The predicted octanol–water partition coefficient (Wildman–Crippen LogP) is 2.77. The Kier molecular flexibility index (Phi) is 2.71. The van der Waals surface area contributed by atoms with Crippen molar-refractivity contribution in [3.63, 3.8) is 0 Å². The number of pyridine rings is 1. The van der Waals surface area contributed by atoms with Gasteiger partial charge in [-0.2, -0.15) is 0 Å². The largest absolute Gasteiger partial charge is 0.363 e. The number of anilines is 1. The van der Waals surface area contributed by atoms with Gasteiger partial charge >= 0.3 is 0 Å². The molecule has 2 aromatic rings. The Hall–Kier alpha value is -1.61. The van der Waals surface area contributed by atoms with Crippen LogP contribution in [0.5, 0.6) is 0 Å². The average Bonchev–Trinajstić information content (AvgIpc) is 3.23. The molecule has 0 radical (unpaired) electrons. The molecule has 3 N–H and O–H groups in total. The fourth-order valence-corrected chi connectivity index (χ4v) is 2.47. The molecule has 1 aromatic carbocycles. The van der Waals surface area contributed by atoms with Crippen LogP contribution in [0, 0.1) is 5.92 Å². The maximum Gasteiger partial charge on any atom is 0.127 e. The number of fused-ring (bicyclic) bond motifs is 1. The van der Waals surface area contributed by atoms with Crippen LogP contribution in [0.3, 0.4) is 0 Å². The minimum absolute atomic E-state index is 0.0184. The van der Waals surface area contributed by atoms with Crippen molar-refractivity contribution in [2.75, 3.05) is 11.9 Å². The Morgan fingerprint density at radius 1 is 1.28 bits per heavy atom. The van der Waals surface area contributed by atoms with E-state index in [9.17, 15) is 0 Å². The van der Waals surface area contributed by atoms with E-state index in [0.29, 0.717) is 12.5 Å². The number of benzene rings is 1. The summed E-state index contributed by atoms with van der Waals surface area (Å²) in [5, 5.41) is 4.69. The van der Waals surface area contributed by atoms with Crippen LogP contribution in [-0.4, -0.2) is 17.1 Å². The second-order valence-corrected chi connectivity index (χ2v) is 5.41. The summed E-state index contributed by atoms with van der Waals surface area (Å²) in [4.78, 5) is 4.65. The second kappa shape index (κ2) is 4.25. The van der Waals surface area contributed by atoms with Gasteiger partial charge in [0.15, 0.2) is 0 Å². The third-order valence-corrected chi connectivity index (χ3v) is 3.91. The molecule has 0 spiro atoms. The molecule has 1 aliphatic carbocycles. The Morgan fingerprint density at radius 2 is 2.06 bits per heavy atom. The Bertz CT molecular complexity index is 562. The first-order chi connectivity index (χ1) is 8.71. The monoisotopic (exact) mass is 241 g/mol. The molecule has 1 aromatic heterocycles. The van der Waals surface area contributed by atoms with Gasteiger partial charge in [-0.3, -0.25) is 0 Å². The fourth-order valence-electron chi connectivity index (χ4n) is 2.47. The first-order valence-electron chi connectivity index (χ1n) is 6.55. The van der Waals surface area contributed by atoms with E-state index in [0.717, 1.165) is 11.3 Å². The predicted molar refractivity (Wildman–Crippen MR) is 75.5 cm³/mol. The summed E-state index contributed by atoms with van der Waals surface area (Å²) in [5.74, 6) is 1.62. The zero-order valence-corrected chi connectivity index (χ0v) is 10.7. The molecule has 3 heteroatoms. The molecule has 0 aliphatic heterocycles. The van der Waals surface area contributed by atoms with Crippen molar-refractivity contribution >= 4 is 16.7 Å². The number of aromatic nitrogens is 1. The van der Waals surface area contributed by atoms with Crippen LogP contribution < -0.4 is 11.1 Å². The number of nitrogens with one attached hydrogen (secondary N) is 1. The summed E-state index contributed by atoms with van der Waals surface area (Å²) in [6.45, 7) is 2.84. The first kappa shape index (κ1) is 11.5. The molecule has 0 amide bonds. The van der Waals surface area contributed by atoms with E-state index in [2.05, 4.69) is 29.4 Å². The third-order valence-electron chi connectivity index (χ3n) is 3.91. The van der Waals surface area contributed by atoms with Crippen molar-refractivity contribution in [3.05, 3.63) is 36.4 Å². The SMILES string of the molecule is CC(CN)(Nc1ccc2ccccc2n1)C1CC1. The van der Waals surface area contributed by atoms with E-state index in [1.807, 2.05) is 24.3 Å². The zero-order chi connectivity index (χ0) is 12.6. The summed E-state index contributed by atoms with van der Waals surface area (Å²) in [6, 6.07) is 12.3. The molecule has 3 nitrogen and oxygen atoms in total. The van der Waals surface area contributed by atoms with Gasteiger partial charge in [-0.05, 0) is 43.9 Å². The summed E-state index contributed by atoms with van der Waals surface area (Å²) < 4.78 is 0. The van der Waals surface area contributed by atoms with Crippen LogP contribution in [0.25, 0.3) is 10.9 Å². The smallest absolute Gasteiger partial charge is 0.127 e. The topological polar surface area (TPSA) is 50.9 Å². The van der Waals surface area contributed by atoms with Crippen molar-refractivity contribution < 1.29 is 0 Å². The van der Waals surface area contributed by atoms with Crippen LogP contribution in [0.4, 0.5) is 5.82 Å². The molecule has 0 bridgehead atoms. The minimum atomic E-state index is -0.0184. The molecule has 1 saturated carbocycles. The number of hydrogen-bond acceptors (Lipinski definition) is 3. The molecule has 94 valence electrons. The second-order valence-electron chi connectivity index (χ2n) is 5.41. The maximum absolute atomic E-state index is 5.92. The van der Waals surface area contributed by atoms with Crippen LogP contribution in [0.15, 0.2) is 36.4 Å². The molecular weight excluding hydrogens is 222 g/mol. The van der Waals surface area contributed by atoms with Gasteiger partial charge in [-0.25, -0.2) is 4.98 Å². The molecular formula is C15H19N3. The highest BCUT2D eigenvalue weighted by Gasteiger charge is 2.40. The summed E-state index contributed by atoms with van der Waals surface area (Å²) in [5.41, 5.74) is 6.93. The Balaban J connectivity index is 1.90. The van der Waals surface area contributed by atoms with Crippen molar-refractivity contribution in [1.29, 1.82) is 0 Å². The number of nitrogens with zero attached hydrogens (tertiary/aromatic N) is 1. The van der Waals surface area contributed by atoms with Gasteiger partial charge in [-0.15, -0.1) is 0 Å². The number of rotatable bonds is 4. The number of para-hydroxylation sites is 1. The zero-order valence-electron chi connectivity index (χ0n) is 10.7. The van der Waals surface area contributed by atoms with Crippen molar-refractivity contribution in [1.82, 2.24) is 4.98 Å². The lowest BCUT2D eigenvalue weighted by Gasteiger charge is -2.30. The van der Waals surface area contributed by atoms with Gasteiger partial charge in [0, 0.05) is 11.9 Å². The lowest BCUT2D eigenvalue weighted by Crippen LogP contribution is -2.44. The minimum Gasteiger partial charge on any atom is -0.363 e. The van der Waals surface area contributed by atoms with E-state index in [4.69, 9.17) is 5.73 Å². The molecule has 3 rings (SSSR count). The Labute approximate surface area is 107 Å². The van der Waals surface area contributed by atoms with Crippen LogP contribution in [0.2, 0.25) is 0 Å². The first-order valence-corrected chi connectivity index (χ1v) is 6.55. The van der Waals surface area contributed by atoms with Crippen LogP contribution in [-0.2, 0) is 0 Å². The average molecular weight is 241 g/mol. The molecule has 18 heavy (non-hydrogen) atoms. The highest BCUT2D eigenvalue weighted by molar-refractivity contribution is 5.80. The highest BCUT2D eigenvalue weighted by Crippen LogP contribution is 2.40. The lowest BCUT2D eigenvalue weighted by atomic mass is 9.96. The van der Waals surface area contributed by atoms with Crippen molar-refractivity contribution in [2.24, 2.45) is 11.7 Å².